The van der Waals surface area contributed by atoms with Crippen molar-refractivity contribution in [3.63, 3.8) is 0 Å². The molecule has 0 fully saturated rings. The van der Waals surface area contributed by atoms with E-state index in [1.165, 1.54) is 43.6 Å². The molecule has 0 saturated heterocycles. The number of carbonyl (C=O) groups excluding carboxylic acids is 1. The third-order valence-corrected chi connectivity index (χ3v) is 2.93. The Labute approximate surface area is 128 Å². The van der Waals surface area contributed by atoms with Gasteiger partial charge in [0.15, 0.2) is 5.69 Å². The maximum atomic E-state index is 12.1. The van der Waals surface area contributed by atoms with E-state index in [9.17, 15) is 18.0 Å². The molecule has 0 radical (unpaired) electrons. The number of pyridine rings is 1. The topological polar surface area (TPSA) is 48.4 Å². The average molecular weight is 332 g/mol. The number of carbonyl (C=O) groups is 1. The Bertz CT molecular complexity index is 687. The quantitative estimate of drug-likeness (QED) is 0.795. The number of esters is 1. The lowest BCUT2D eigenvalue weighted by atomic mass is 10.1. The predicted octanol–water partition coefficient (Wildman–Crippen LogP) is 4.09. The molecule has 1 heterocycles. The number of hydrogen-bond donors (Lipinski definition) is 0. The van der Waals surface area contributed by atoms with Gasteiger partial charge in [0.1, 0.15) is 5.75 Å². The van der Waals surface area contributed by atoms with Crippen molar-refractivity contribution in [3.8, 4) is 16.9 Å². The van der Waals surface area contributed by atoms with Crippen LogP contribution in [0.2, 0.25) is 5.02 Å². The lowest BCUT2D eigenvalue weighted by molar-refractivity contribution is -0.274. The molecule has 2 rings (SSSR count). The second kappa shape index (κ2) is 6.23. The van der Waals surface area contributed by atoms with Gasteiger partial charge in [-0.2, -0.15) is 0 Å². The number of aromatic nitrogens is 1. The molecule has 0 atom stereocenters. The van der Waals surface area contributed by atoms with Crippen LogP contribution in [0.1, 0.15) is 10.5 Å². The molecule has 0 aliphatic rings. The number of methoxy groups -OCH3 is 1. The molecule has 0 spiro atoms. The van der Waals surface area contributed by atoms with E-state index < -0.39 is 12.3 Å². The molecule has 0 saturated carbocycles. The van der Waals surface area contributed by atoms with Crippen LogP contribution >= 0.6 is 11.6 Å². The van der Waals surface area contributed by atoms with Crippen LogP contribution in [0.3, 0.4) is 0 Å². The fraction of sp³-hybridized carbons (Fsp3) is 0.143. The Kier molecular flexibility index (Phi) is 4.56. The SMILES string of the molecule is COC(=O)c1ncc(-c2ccc(OC(F)(F)F)cc2)cc1Cl. The first kappa shape index (κ1) is 16.1. The Hall–Kier alpha value is -2.28. The summed E-state index contributed by atoms with van der Waals surface area (Å²) in [6.07, 6.45) is -3.37. The summed E-state index contributed by atoms with van der Waals surface area (Å²) in [5, 5.41) is 0.0833. The highest BCUT2D eigenvalue weighted by atomic mass is 35.5. The Balaban J connectivity index is 2.25. The van der Waals surface area contributed by atoms with Crippen LogP contribution in [0.25, 0.3) is 11.1 Å². The minimum absolute atomic E-state index is 0.0371. The summed E-state index contributed by atoms with van der Waals surface area (Å²) in [5.41, 5.74) is 1.07. The second-order valence-electron chi connectivity index (χ2n) is 4.12. The molecule has 8 heteroatoms. The lowest BCUT2D eigenvalue weighted by Crippen LogP contribution is -2.16. The van der Waals surface area contributed by atoms with Crippen LogP contribution in [0.4, 0.5) is 13.2 Å². The Morgan fingerprint density at radius 1 is 1.18 bits per heavy atom. The van der Waals surface area contributed by atoms with Crippen LogP contribution in [-0.2, 0) is 4.74 Å². The molecule has 0 aliphatic heterocycles. The summed E-state index contributed by atoms with van der Waals surface area (Å²) < 4.78 is 44.5. The second-order valence-corrected chi connectivity index (χ2v) is 4.53. The number of ether oxygens (including phenoxy) is 2. The van der Waals surface area contributed by atoms with Gasteiger partial charge in [-0.1, -0.05) is 23.7 Å². The van der Waals surface area contributed by atoms with Gasteiger partial charge in [-0.3, -0.25) is 0 Å². The number of rotatable bonds is 3. The number of nitrogens with zero attached hydrogens (tertiary/aromatic N) is 1. The summed E-state index contributed by atoms with van der Waals surface area (Å²) in [6.45, 7) is 0. The maximum absolute atomic E-state index is 12.1. The normalized spacial score (nSPS) is 11.1. The zero-order valence-corrected chi connectivity index (χ0v) is 11.9. The van der Waals surface area contributed by atoms with Gasteiger partial charge in [-0.15, -0.1) is 13.2 Å². The fourth-order valence-corrected chi connectivity index (χ4v) is 1.94. The molecule has 0 N–H and O–H groups in total. The van der Waals surface area contributed by atoms with Crippen molar-refractivity contribution in [3.05, 3.63) is 47.2 Å². The van der Waals surface area contributed by atoms with E-state index in [0.29, 0.717) is 11.1 Å². The molecular formula is C14H9ClF3NO3. The Morgan fingerprint density at radius 2 is 1.82 bits per heavy atom. The van der Waals surface area contributed by atoms with Gasteiger partial charge in [0.25, 0.3) is 0 Å². The molecule has 1 aromatic carbocycles. The van der Waals surface area contributed by atoms with Crippen molar-refractivity contribution >= 4 is 17.6 Å². The van der Waals surface area contributed by atoms with Crippen LogP contribution in [0.15, 0.2) is 36.5 Å². The van der Waals surface area contributed by atoms with Crippen molar-refractivity contribution in [1.82, 2.24) is 4.98 Å². The number of halogens is 4. The number of hydrogen-bond acceptors (Lipinski definition) is 4. The smallest absolute Gasteiger partial charge is 0.464 e. The highest BCUT2D eigenvalue weighted by Crippen LogP contribution is 2.28. The van der Waals surface area contributed by atoms with Crippen LogP contribution in [0, 0.1) is 0 Å². The third-order valence-electron chi connectivity index (χ3n) is 2.64. The van der Waals surface area contributed by atoms with E-state index in [0.717, 1.165) is 0 Å². The Morgan fingerprint density at radius 3 is 2.32 bits per heavy atom. The van der Waals surface area contributed by atoms with Crippen molar-refractivity contribution in [1.29, 1.82) is 0 Å². The highest BCUT2D eigenvalue weighted by molar-refractivity contribution is 6.33. The average Bonchev–Trinajstić information content (AvgIpc) is 2.45. The lowest BCUT2D eigenvalue weighted by Gasteiger charge is -2.09. The monoisotopic (exact) mass is 331 g/mol. The van der Waals surface area contributed by atoms with Gasteiger partial charge >= 0.3 is 12.3 Å². The number of benzene rings is 1. The maximum Gasteiger partial charge on any atom is 0.573 e. The molecule has 0 aliphatic carbocycles. The molecular weight excluding hydrogens is 323 g/mol. The van der Waals surface area contributed by atoms with E-state index in [4.69, 9.17) is 11.6 Å². The molecule has 116 valence electrons. The highest BCUT2D eigenvalue weighted by Gasteiger charge is 2.30. The van der Waals surface area contributed by atoms with Crippen molar-refractivity contribution < 1.29 is 27.4 Å². The van der Waals surface area contributed by atoms with E-state index in [1.807, 2.05) is 0 Å². The molecule has 22 heavy (non-hydrogen) atoms. The van der Waals surface area contributed by atoms with E-state index in [1.54, 1.807) is 0 Å². The first-order valence-electron chi connectivity index (χ1n) is 5.90. The van der Waals surface area contributed by atoms with Crippen LogP contribution in [0.5, 0.6) is 5.75 Å². The van der Waals surface area contributed by atoms with E-state index in [2.05, 4.69) is 14.5 Å². The molecule has 2 aromatic rings. The van der Waals surface area contributed by atoms with Gasteiger partial charge in [0, 0.05) is 11.8 Å². The van der Waals surface area contributed by atoms with Crippen molar-refractivity contribution in [2.45, 2.75) is 6.36 Å². The van der Waals surface area contributed by atoms with Crippen molar-refractivity contribution in [2.24, 2.45) is 0 Å². The van der Waals surface area contributed by atoms with Gasteiger partial charge in [0.05, 0.1) is 12.1 Å². The largest absolute Gasteiger partial charge is 0.573 e. The predicted molar refractivity (Wildman–Crippen MR) is 72.7 cm³/mol. The zero-order chi connectivity index (χ0) is 16.3. The summed E-state index contributed by atoms with van der Waals surface area (Å²) >= 11 is 5.93. The van der Waals surface area contributed by atoms with Gasteiger partial charge in [0.2, 0.25) is 0 Å². The zero-order valence-electron chi connectivity index (χ0n) is 11.1. The first-order valence-corrected chi connectivity index (χ1v) is 6.28. The van der Waals surface area contributed by atoms with Gasteiger partial charge < -0.3 is 9.47 Å². The molecule has 0 amide bonds. The summed E-state index contributed by atoms with van der Waals surface area (Å²) in [5.74, 6) is -1.01. The van der Waals surface area contributed by atoms with Crippen LogP contribution < -0.4 is 4.74 Å². The van der Waals surface area contributed by atoms with Crippen molar-refractivity contribution in [2.75, 3.05) is 7.11 Å². The summed E-state index contributed by atoms with van der Waals surface area (Å²) in [7, 11) is 1.20. The van der Waals surface area contributed by atoms with E-state index >= 15 is 0 Å². The molecule has 1 aromatic heterocycles. The van der Waals surface area contributed by atoms with Gasteiger partial charge in [-0.05, 0) is 23.8 Å². The van der Waals surface area contributed by atoms with Crippen LogP contribution in [-0.4, -0.2) is 24.4 Å². The molecule has 0 bridgehead atoms. The molecule has 0 unspecified atom stereocenters. The summed E-state index contributed by atoms with van der Waals surface area (Å²) in [6, 6.07) is 6.66. The number of alkyl halides is 3. The first-order chi connectivity index (χ1) is 10.3. The minimum atomic E-state index is -4.74. The third kappa shape index (κ3) is 3.88. The van der Waals surface area contributed by atoms with Gasteiger partial charge in [-0.25, -0.2) is 9.78 Å². The van der Waals surface area contributed by atoms with E-state index in [-0.39, 0.29) is 16.5 Å². The standard InChI is InChI=1S/C14H9ClF3NO3/c1-21-13(20)12-11(15)6-9(7-19-12)8-2-4-10(5-3-8)22-14(16,17)18/h2-7H,1H3. The fourth-order valence-electron chi connectivity index (χ4n) is 1.69. The molecule has 4 nitrogen and oxygen atoms in total. The summed E-state index contributed by atoms with van der Waals surface area (Å²) in [4.78, 5) is 15.3. The minimum Gasteiger partial charge on any atom is -0.464 e.